The maximum absolute atomic E-state index is 5.01. The number of hydrogen-bond acceptors (Lipinski definition) is 2. The van der Waals surface area contributed by atoms with E-state index in [9.17, 15) is 0 Å². The van der Waals surface area contributed by atoms with E-state index in [4.69, 9.17) is 4.84 Å². The SMILES string of the molecule is CO/N=C(\c1ccccc1)C(C)(C)CC(C)C. The van der Waals surface area contributed by atoms with Gasteiger partial charge in [-0.2, -0.15) is 0 Å². The quantitative estimate of drug-likeness (QED) is 0.554. The molecule has 1 aromatic carbocycles. The average molecular weight is 233 g/mol. The van der Waals surface area contributed by atoms with Crippen molar-refractivity contribution < 1.29 is 4.84 Å². The van der Waals surface area contributed by atoms with Gasteiger partial charge in [-0.15, -0.1) is 0 Å². The van der Waals surface area contributed by atoms with Crippen LogP contribution in [0, 0.1) is 11.3 Å². The predicted octanol–water partition coefficient (Wildman–Crippen LogP) is 4.11. The third kappa shape index (κ3) is 3.88. The van der Waals surface area contributed by atoms with Crippen LogP contribution in [0.15, 0.2) is 35.5 Å². The van der Waals surface area contributed by atoms with Gasteiger partial charge in [0.15, 0.2) is 0 Å². The third-order valence-corrected chi connectivity index (χ3v) is 2.79. The normalized spacial score (nSPS) is 12.9. The molecule has 1 rings (SSSR count). The number of hydrogen-bond donors (Lipinski definition) is 0. The van der Waals surface area contributed by atoms with Gasteiger partial charge in [0, 0.05) is 5.41 Å². The van der Waals surface area contributed by atoms with Gasteiger partial charge in [0.25, 0.3) is 0 Å². The highest BCUT2D eigenvalue weighted by Gasteiger charge is 2.28. The molecule has 94 valence electrons. The second-order valence-electron chi connectivity index (χ2n) is 5.47. The predicted molar refractivity (Wildman–Crippen MR) is 73.2 cm³/mol. The minimum Gasteiger partial charge on any atom is -0.399 e. The van der Waals surface area contributed by atoms with Crippen molar-refractivity contribution in [3.05, 3.63) is 35.9 Å². The van der Waals surface area contributed by atoms with Crippen LogP contribution in [-0.2, 0) is 4.84 Å². The van der Waals surface area contributed by atoms with E-state index in [1.807, 2.05) is 18.2 Å². The van der Waals surface area contributed by atoms with E-state index < -0.39 is 0 Å². The van der Waals surface area contributed by atoms with Crippen LogP contribution in [0.5, 0.6) is 0 Å². The van der Waals surface area contributed by atoms with E-state index in [0.717, 1.165) is 17.7 Å². The lowest BCUT2D eigenvalue weighted by Crippen LogP contribution is -2.27. The van der Waals surface area contributed by atoms with Crippen molar-refractivity contribution in [1.29, 1.82) is 0 Å². The molecule has 1 aromatic rings. The van der Waals surface area contributed by atoms with Gasteiger partial charge < -0.3 is 4.84 Å². The molecule has 0 radical (unpaired) electrons. The summed E-state index contributed by atoms with van der Waals surface area (Å²) in [5.74, 6) is 0.635. The molecule has 0 amide bonds. The van der Waals surface area contributed by atoms with Gasteiger partial charge in [0.2, 0.25) is 0 Å². The minimum absolute atomic E-state index is 0.0194. The molecule has 0 atom stereocenters. The van der Waals surface area contributed by atoms with Crippen molar-refractivity contribution in [3.8, 4) is 0 Å². The molecule has 0 saturated carbocycles. The smallest absolute Gasteiger partial charge is 0.106 e. The van der Waals surface area contributed by atoms with Crippen molar-refractivity contribution >= 4 is 5.71 Å². The third-order valence-electron chi connectivity index (χ3n) is 2.79. The fourth-order valence-corrected chi connectivity index (χ4v) is 2.37. The Bertz CT molecular complexity index is 366. The minimum atomic E-state index is 0.0194. The van der Waals surface area contributed by atoms with Crippen LogP contribution >= 0.6 is 0 Å². The van der Waals surface area contributed by atoms with E-state index in [1.54, 1.807) is 7.11 Å². The molecule has 0 spiro atoms. The van der Waals surface area contributed by atoms with Gasteiger partial charge in [-0.3, -0.25) is 0 Å². The monoisotopic (exact) mass is 233 g/mol. The van der Waals surface area contributed by atoms with E-state index >= 15 is 0 Å². The Kier molecular flexibility index (Phi) is 4.73. The summed E-state index contributed by atoms with van der Waals surface area (Å²) in [5, 5.41) is 4.24. The van der Waals surface area contributed by atoms with Crippen LogP contribution in [0.4, 0.5) is 0 Å². The summed E-state index contributed by atoms with van der Waals surface area (Å²) in [6, 6.07) is 10.3. The van der Waals surface area contributed by atoms with Gasteiger partial charge in [-0.05, 0) is 17.9 Å². The highest BCUT2D eigenvalue weighted by Crippen LogP contribution is 2.30. The van der Waals surface area contributed by atoms with Crippen LogP contribution in [0.25, 0.3) is 0 Å². The average Bonchev–Trinajstić information content (AvgIpc) is 2.25. The first-order valence-corrected chi connectivity index (χ1v) is 6.14. The van der Waals surface area contributed by atoms with Crippen LogP contribution in [0.1, 0.15) is 39.7 Å². The molecule has 17 heavy (non-hydrogen) atoms. The first-order valence-electron chi connectivity index (χ1n) is 6.14. The van der Waals surface area contributed by atoms with Crippen LogP contribution in [0.3, 0.4) is 0 Å². The zero-order valence-corrected chi connectivity index (χ0v) is 11.5. The van der Waals surface area contributed by atoms with Crippen LogP contribution < -0.4 is 0 Å². The molecule has 0 unspecified atom stereocenters. The van der Waals surface area contributed by atoms with Gasteiger partial charge in [0.05, 0.1) is 5.71 Å². The lowest BCUT2D eigenvalue weighted by atomic mass is 9.77. The highest BCUT2D eigenvalue weighted by molar-refractivity contribution is 6.04. The van der Waals surface area contributed by atoms with Crippen molar-refractivity contribution in [2.75, 3.05) is 7.11 Å². The molecule has 0 heterocycles. The molecule has 2 nitrogen and oxygen atoms in total. The first-order chi connectivity index (χ1) is 7.97. The molecule has 0 saturated heterocycles. The summed E-state index contributed by atoms with van der Waals surface area (Å²) in [6.45, 7) is 8.91. The number of oxime groups is 1. The van der Waals surface area contributed by atoms with Crippen LogP contribution in [0.2, 0.25) is 0 Å². The van der Waals surface area contributed by atoms with E-state index in [1.165, 1.54) is 0 Å². The number of benzene rings is 1. The Morgan fingerprint density at radius 2 is 1.82 bits per heavy atom. The summed E-state index contributed by atoms with van der Waals surface area (Å²) in [4.78, 5) is 5.01. The topological polar surface area (TPSA) is 21.6 Å². The van der Waals surface area contributed by atoms with Crippen molar-refractivity contribution in [3.63, 3.8) is 0 Å². The second-order valence-corrected chi connectivity index (χ2v) is 5.47. The molecule has 2 heteroatoms. The Hall–Kier alpha value is -1.31. The van der Waals surface area contributed by atoms with Gasteiger partial charge in [-0.1, -0.05) is 63.2 Å². The zero-order chi connectivity index (χ0) is 12.9. The van der Waals surface area contributed by atoms with E-state index in [0.29, 0.717) is 5.92 Å². The van der Waals surface area contributed by atoms with Crippen LogP contribution in [-0.4, -0.2) is 12.8 Å². The zero-order valence-electron chi connectivity index (χ0n) is 11.5. The Labute approximate surface area is 105 Å². The highest BCUT2D eigenvalue weighted by atomic mass is 16.6. The fraction of sp³-hybridized carbons (Fsp3) is 0.533. The summed E-state index contributed by atoms with van der Waals surface area (Å²) in [5.41, 5.74) is 2.18. The molecule has 0 aliphatic rings. The van der Waals surface area contributed by atoms with E-state index in [-0.39, 0.29) is 5.41 Å². The maximum atomic E-state index is 5.01. The standard InChI is InChI=1S/C15H23NO/c1-12(2)11-15(3,4)14(16-17-5)13-9-7-6-8-10-13/h6-10,12H,11H2,1-5H3/b16-14+. The molecule has 0 bridgehead atoms. The van der Waals surface area contributed by atoms with Gasteiger partial charge in [0.1, 0.15) is 7.11 Å². The largest absolute Gasteiger partial charge is 0.399 e. The molecule has 0 aromatic heterocycles. The molecule has 0 aliphatic heterocycles. The molecular weight excluding hydrogens is 210 g/mol. The molecular formula is C15H23NO. The Balaban J connectivity index is 3.06. The van der Waals surface area contributed by atoms with Crippen molar-refractivity contribution in [2.24, 2.45) is 16.5 Å². The van der Waals surface area contributed by atoms with Crippen molar-refractivity contribution in [1.82, 2.24) is 0 Å². The summed E-state index contributed by atoms with van der Waals surface area (Å²) in [7, 11) is 1.61. The first kappa shape index (κ1) is 13.8. The number of rotatable bonds is 5. The van der Waals surface area contributed by atoms with Gasteiger partial charge >= 0.3 is 0 Å². The van der Waals surface area contributed by atoms with Crippen molar-refractivity contribution in [2.45, 2.75) is 34.1 Å². The number of nitrogens with zero attached hydrogens (tertiary/aromatic N) is 1. The maximum Gasteiger partial charge on any atom is 0.106 e. The lowest BCUT2D eigenvalue weighted by molar-refractivity contribution is 0.207. The Morgan fingerprint density at radius 1 is 1.24 bits per heavy atom. The molecule has 0 fully saturated rings. The lowest BCUT2D eigenvalue weighted by Gasteiger charge is -2.28. The summed E-state index contributed by atoms with van der Waals surface area (Å²) in [6.07, 6.45) is 1.09. The summed E-state index contributed by atoms with van der Waals surface area (Å²) >= 11 is 0. The molecule has 0 N–H and O–H groups in total. The second kappa shape index (κ2) is 5.85. The van der Waals surface area contributed by atoms with E-state index in [2.05, 4.69) is 45.0 Å². The fourth-order valence-electron chi connectivity index (χ4n) is 2.37. The summed E-state index contributed by atoms with van der Waals surface area (Å²) < 4.78 is 0. The van der Waals surface area contributed by atoms with Gasteiger partial charge in [-0.25, -0.2) is 0 Å². The molecule has 0 aliphatic carbocycles. The Morgan fingerprint density at radius 3 is 2.29 bits per heavy atom.